The molecule has 3 aromatic heterocycles. The maximum absolute atomic E-state index is 13.3. The number of Topliss-reactive ketones (excluding diaryl/α,β-unsaturated/α-hetero) is 1. The third-order valence-electron chi connectivity index (χ3n) is 8.95. The third kappa shape index (κ3) is 5.54. The van der Waals surface area contributed by atoms with Crippen LogP contribution in [0.1, 0.15) is 79.6 Å². The number of carbonyl (C=O) groups is 2. The molecule has 7 nitrogen and oxygen atoms in total. The van der Waals surface area contributed by atoms with Crippen LogP contribution in [-0.4, -0.2) is 33.2 Å². The summed E-state index contributed by atoms with van der Waals surface area (Å²) in [5.41, 5.74) is 9.00. The average molecular weight is 525 g/mol. The lowest BCUT2D eigenvalue weighted by molar-refractivity contribution is -0.125. The number of aromatic amines is 1. The zero-order valence-electron chi connectivity index (χ0n) is 22.3. The van der Waals surface area contributed by atoms with Gasteiger partial charge in [-0.15, -0.1) is 0 Å². The van der Waals surface area contributed by atoms with E-state index >= 15 is 0 Å². The van der Waals surface area contributed by atoms with E-state index in [1.165, 1.54) is 10.9 Å². The molecule has 2 saturated carbocycles. The van der Waals surface area contributed by atoms with Crippen molar-refractivity contribution in [3.05, 3.63) is 66.1 Å². The van der Waals surface area contributed by atoms with Gasteiger partial charge in [0.05, 0.1) is 18.3 Å². The summed E-state index contributed by atoms with van der Waals surface area (Å²) < 4.78 is 6.01. The molecule has 0 saturated heterocycles. The number of H-pyrrole nitrogens is 1. The Bertz CT molecular complexity index is 1470. The number of hydrogen-bond donors (Lipinski definition) is 2. The molecule has 2 aliphatic rings. The number of rotatable bonds is 8. The van der Waals surface area contributed by atoms with Crippen LogP contribution in [0.15, 0.2) is 55.0 Å². The summed E-state index contributed by atoms with van der Waals surface area (Å²) in [7, 11) is 0. The van der Waals surface area contributed by atoms with Gasteiger partial charge in [-0.1, -0.05) is 6.42 Å². The highest BCUT2D eigenvalue weighted by molar-refractivity contribution is 6.05. The minimum atomic E-state index is -0.434. The van der Waals surface area contributed by atoms with Crippen molar-refractivity contribution in [2.75, 3.05) is 6.61 Å². The first-order chi connectivity index (χ1) is 19.0. The van der Waals surface area contributed by atoms with Gasteiger partial charge in [0.25, 0.3) is 0 Å². The molecule has 0 aliphatic heterocycles. The van der Waals surface area contributed by atoms with Crippen molar-refractivity contribution in [3.8, 4) is 5.75 Å². The Labute approximate surface area is 228 Å². The van der Waals surface area contributed by atoms with E-state index in [1.807, 2.05) is 18.6 Å². The number of carbonyl (C=O) groups excluding carboxylic acids is 2. The van der Waals surface area contributed by atoms with E-state index in [4.69, 9.17) is 10.5 Å². The summed E-state index contributed by atoms with van der Waals surface area (Å²) in [6, 6.07) is 11.3. The van der Waals surface area contributed by atoms with E-state index in [9.17, 15) is 9.59 Å². The number of hydrogen-bond acceptors (Lipinski definition) is 5. The number of primary amides is 1. The summed E-state index contributed by atoms with van der Waals surface area (Å²) in [5.74, 6) is 2.34. The Morgan fingerprint density at radius 2 is 1.74 bits per heavy atom. The lowest BCUT2D eigenvalue weighted by Crippen LogP contribution is -2.27. The number of nitrogens with one attached hydrogen (secondary N) is 1. The van der Waals surface area contributed by atoms with Crippen molar-refractivity contribution in [2.24, 2.45) is 23.5 Å². The van der Waals surface area contributed by atoms with Gasteiger partial charge in [-0.05, 0) is 105 Å². The predicted molar refractivity (Wildman–Crippen MR) is 152 cm³/mol. The van der Waals surface area contributed by atoms with Gasteiger partial charge in [0.1, 0.15) is 11.5 Å². The molecule has 2 aliphatic carbocycles. The molecule has 3 heterocycles. The van der Waals surface area contributed by atoms with Crippen LogP contribution in [0.25, 0.3) is 21.9 Å². The fourth-order valence-electron chi connectivity index (χ4n) is 6.87. The van der Waals surface area contributed by atoms with E-state index in [0.29, 0.717) is 42.1 Å². The molecule has 0 spiro atoms. The average Bonchev–Trinajstić information content (AvgIpc) is 3.46. The quantitative estimate of drug-likeness (QED) is 0.280. The first kappa shape index (κ1) is 25.5. The highest BCUT2D eigenvalue weighted by atomic mass is 16.5. The highest BCUT2D eigenvalue weighted by Crippen LogP contribution is 2.41. The van der Waals surface area contributed by atoms with Crippen LogP contribution in [0.3, 0.4) is 0 Å². The second kappa shape index (κ2) is 11.2. The molecule has 202 valence electrons. The number of aromatic nitrogens is 3. The van der Waals surface area contributed by atoms with Gasteiger partial charge < -0.3 is 15.5 Å². The normalized spacial score (nSPS) is 23.6. The smallest absolute Gasteiger partial charge is 0.248 e. The Morgan fingerprint density at radius 1 is 0.949 bits per heavy atom. The molecule has 39 heavy (non-hydrogen) atoms. The van der Waals surface area contributed by atoms with E-state index in [2.05, 4.69) is 27.1 Å². The van der Waals surface area contributed by atoms with Crippen molar-refractivity contribution in [3.63, 3.8) is 0 Å². The summed E-state index contributed by atoms with van der Waals surface area (Å²) in [6.07, 6.45) is 14.9. The Balaban J connectivity index is 1.02. The predicted octanol–water partition coefficient (Wildman–Crippen LogP) is 6.33. The maximum atomic E-state index is 13.3. The van der Waals surface area contributed by atoms with Gasteiger partial charge in [0.2, 0.25) is 5.91 Å². The fourth-order valence-corrected chi connectivity index (χ4v) is 6.87. The standard InChI is InChI=1S/C32H36N4O3/c33-31(38)24-8-10-25(11-9-24)39-19-21-3-1-2-20(16-21)17-29(37)23-6-4-22(5-7-23)26-12-14-34-28-18-36-32-27(30(26)28)13-15-35-32/h8-15,18,20-23,34H,1-7,16-17,19H2,(H2,33,38). The first-order valence-electron chi connectivity index (χ1n) is 14.3. The molecular weight excluding hydrogens is 488 g/mol. The van der Waals surface area contributed by atoms with E-state index in [-0.39, 0.29) is 5.92 Å². The SMILES string of the molecule is NC(=O)c1ccc(OCC2CCCC(CC(=O)C3CCC(c4cc[nH]c5cnc6nccc6c45)CC3)C2)cc1. The van der Waals surface area contributed by atoms with Gasteiger partial charge in [-0.25, -0.2) is 9.97 Å². The fraction of sp³-hybridized carbons (Fsp3) is 0.438. The molecule has 0 radical (unpaired) electrons. The minimum Gasteiger partial charge on any atom is -0.493 e. The van der Waals surface area contributed by atoms with Crippen LogP contribution >= 0.6 is 0 Å². The van der Waals surface area contributed by atoms with Gasteiger partial charge in [-0.3, -0.25) is 9.59 Å². The van der Waals surface area contributed by atoms with Crippen LogP contribution in [-0.2, 0) is 4.79 Å². The van der Waals surface area contributed by atoms with Crippen molar-refractivity contribution in [1.29, 1.82) is 0 Å². The lowest BCUT2D eigenvalue weighted by Gasteiger charge is -2.32. The number of fused-ring (bicyclic) bond motifs is 3. The van der Waals surface area contributed by atoms with Crippen LogP contribution in [0.5, 0.6) is 5.75 Å². The molecule has 4 aromatic rings. The lowest BCUT2D eigenvalue weighted by atomic mass is 9.73. The molecule has 3 N–H and O–H groups in total. The van der Waals surface area contributed by atoms with Crippen LogP contribution in [0.2, 0.25) is 0 Å². The number of ether oxygens (including phenoxy) is 1. The number of amides is 1. The molecule has 1 amide bonds. The van der Waals surface area contributed by atoms with Crippen molar-refractivity contribution >= 4 is 33.6 Å². The molecule has 2 atom stereocenters. The van der Waals surface area contributed by atoms with Crippen LogP contribution in [0.4, 0.5) is 0 Å². The second-order valence-electron chi connectivity index (χ2n) is 11.5. The molecule has 0 bridgehead atoms. The first-order valence-corrected chi connectivity index (χ1v) is 14.3. The maximum Gasteiger partial charge on any atom is 0.248 e. The van der Waals surface area contributed by atoms with Crippen molar-refractivity contribution < 1.29 is 14.3 Å². The van der Waals surface area contributed by atoms with Gasteiger partial charge in [-0.2, -0.15) is 0 Å². The van der Waals surface area contributed by atoms with Crippen LogP contribution < -0.4 is 10.5 Å². The van der Waals surface area contributed by atoms with E-state index < -0.39 is 5.91 Å². The van der Waals surface area contributed by atoms with Crippen LogP contribution in [0, 0.1) is 17.8 Å². The monoisotopic (exact) mass is 524 g/mol. The highest BCUT2D eigenvalue weighted by Gasteiger charge is 2.31. The zero-order valence-corrected chi connectivity index (χ0v) is 22.3. The Hall–Kier alpha value is -3.74. The van der Waals surface area contributed by atoms with Gasteiger partial charge in [0, 0.05) is 41.1 Å². The van der Waals surface area contributed by atoms with Crippen molar-refractivity contribution in [2.45, 2.75) is 63.7 Å². The van der Waals surface area contributed by atoms with Gasteiger partial charge >= 0.3 is 0 Å². The molecule has 1 aromatic carbocycles. The Morgan fingerprint density at radius 3 is 2.54 bits per heavy atom. The molecule has 2 fully saturated rings. The topological polar surface area (TPSA) is 111 Å². The summed E-state index contributed by atoms with van der Waals surface area (Å²) in [4.78, 5) is 36.8. The Kier molecular flexibility index (Phi) is 7.31. The summed E-state index contributed by atoms with van der Waals surface area (Å²) in [5, 5.41) is 2.34. The zero-order chi connectivity index (χ0) is 26.8. The summed E-state index contributed by atoms with van der Waals surface area (Å²) >= 11 is 0. The molecule has 6 rings (SSSR count). The van der Waals surface area contributed by atoms with E-state index in [0.717, 1.165) is 73.7 Å². The molecule has 2 unspecified atom stereocenters. The molecular formula is C32H36N4O3. The van der Waals surface area contributed by atoms with E-state index in [1.54, 1.807) is 24.3 Å². The summed E-state index contributed by atoms with van der Waals surface area (Å²) in [6.45, 7) is 0.649. The number of nitrogens with zero attached hydrogens (tertiary/aromatic N) is 2. The number of ketones is 1. The van der Waals surface area contributed by atoms with Crippen molar-refractivity contribution in [1.82, 2.24) is 15.0 Å². The second-order valence-corrected chi connectivity index (χ2v) is 11.5. The number of benzene rings is 1. The van der Waals surface area contributed by atoms with Gasteiger partial charge in [0.15, 0.2) is 5.65 Å². The minimum absolute atomic E-state index is 0.186. The largest absolute Gasteiger partial charge is 0.493 e. The number of pyridine rings is 2. The third-order valence-corrected chi connectivity index (χ3v) is 8.95. The molecule has 7 heteroatoms. The number of nitrogens with two attached hydrogens (primary N) is 1.